The second-order valence-corrected chi connectivity index (χ2v) is 4.99. The van der Waals surface area contributed by atoms with Crippen molar-refractivity contribution >= 4 is 21.6 Å². The molecule has 0 bridgehead atoms. The van der Waals surface area contributed by atoms with Crippen molar-refractivity contribution in [1.82, 2.24) is 0 Å². The fourth-order valence-electron chi connectivity index (χ4n) is 1.15. The molecule has 0 aliphatic rings. The summed E-state index contributed by atoms with van der Waals surface area (Å²) in [5, 5.41) is 26.7. The van der Waals surface area contributed by atoms with Gasteiger partial charge < -0.3 is 15.6 Å². The molecule has 0 saturated carbocycles. The van der Waals surface area contributed by atoms with Gasteiger partial charge in [0.1, 0.15) is 5.75 Å². The van der Waals surface area contributed by atoms with Crippen LogP contribution in [0.5, 0.6) is 5.75 Å². The number of aliphatic hydroxyl groups excluding tert-OH is 1. The Kier molecular flexibility index (Phi) is 3.52. The highest BCUT2D eigenvalue weighted by Gasteiger charge is 2.25. The Morgan fingerprint density at radius 2 is 2.07 bits per heavy atom. The Hall–Kier alpha value is -0.870. The Labute approximate surface area is 97.4 Å². The van der Waals surface area contributed by atoms with Gasteiger partial charge in [-0.1, -0.05) is 29.8 Å². The highest BCUT2D eigenvalue weighted by atomic mass is 79.9. The second-order valence-electron chi connectivity index (χ2n) is 4.08. The van der Waals surface area contributed by atoms with Gasteiger partial charge in [-0.2, -0.15) is 0 Å². The van der Waals surface area contributed by atoms with Crippen molar-refractivity contribution in [1.29, 1.82) is 5.41 Å². The highest BCUT2D eigenvalue weighted by molar-refractivity contribution is 9.10. The zero-order valence-corrected chi connectivity index (χ0v) is 10.3. The van der Waals surface area contributed by atoms with Gasteiger partial charge in [-0.15, -0.1) is 0 Å². The molecule has 0 fully saturated rings. The fourth-order valence-corrected chi connectivity index (χ4v) is 1.51. The van der Waals surface area contributed by atoms with Gasteiger partial charge in [-0.25, -0.2) is 0 Å². The highest BCUT2D eigenvalue weighted by Crippen LogP contribution is 2.29. The minimum Gasteiger partial charge on any atom is -0.507 e. The summed E-state index contributed by atoms with van der Waals surface area (Å²) >= 11 is 3.28. The number of aromatic hydroxyl groups is 1. The molecule has 0 radical (unpaired) electrons. The number of aliphatic hydroxyl groups is 1. The van der Waals surface area contributed by atoms with E-state index in [0.29, 0.717) is 5.56 Å². The van der Waals surface area contributed by atoms with Crippen LogP contribution < -0.4 is 0 Å². The smallest absolute Gasteiger partial charge is 0.124 e. The largest absolute Gasteiger partial charge is 0.507 e. The van der Waals surface area contributed by atoms with Crippen LogP contribution >= 0.6 is 15.9 Å². The maximum absolute atomic E-state index is 9.62. The van der Waals surface area contributed by atoms with Crippen LogP contribution in [0.15, 0.2) is 22.7 Å². The number of benzene rings is 1. The Morgan fingerprint density at radius 1 is 1.47 bits per heavy atom. The summed E-state index contributed by atoms with van der Waals surface area (Å²) in [6.07, 6.45) is 0. The van der Waals surface area contributed by atoms with Gasteiger partial charge in [0.2, 0.25) is 0 Å². The molecule has 1 rings (SSSR count). The molecule has 1 aromatic rings. The van der Waals surface area contributed by atoms with Gasteiger partial charge >= 0.3 is 0 Å². The molecule has 0 atom stereocenters. The first-order valence-corrected chi connectivity index (χ1v) is 5.36. The van der Waals surface area contributed by atoms with Crippen LogP contribution in [-0.4, -0.2) is 22.5 Å². The molecule has 0 unspecified atom stereocenters. The SMILES string of the molecule is CC(C)(CO)C(=N)c1cc(Br)ccc1O. The number of nitrogens with one attached hydrogen (secondary N) is 1. The molecule has 1 aromatic carbocycles. The third-order valence-electron chi connectivity index (χ3n) is 2.30. The first-order chi connectivity index (χ1) is 6.88. The van der Waals surface area contributed by atoms with Crippen LogP contribution in [0.2, 0.25) is 0 Å². The number of phenols is 1. The van der Waals surface area contributed by atoms with E-state index in [1.165, 1.54) is 6.07 Å². The third-order valence-corrected chi connectivity index (χ3v) is 2.79. The van der Waals surface area contributed by atoms with Crippen molar-refractivity contribution in [2.45, 2.75) is 13.8 Å². The number of hydrogen-bond donors (Lipinski definition) is 3. The van der Waals surface area contributed by atoms with E-state index in [1.807, 2.05) is 0 Å². The molecule has 15 heavy (non-hydrogen) atoms. The summed E-state index contributed by atoms with van der Waals surface area (Å²) in [6.45, 7) is 3.39. The van der Waals surface area contributed by atoms with Crippen LogP contribution in [0.25, 0.3) is 0 Å². The summed E-state index contributed by atoms with van der Waals surface area (Å²) in [7, 11) is 0. The van der Waals surface area contributed by atoms with E-state index in [1.54, 1.807) is 26.0 Å². The van der Waals surface area contributed by atoms with E-state index in [-0.39, 0.29) is 18.1 Å². The van der Waals surface area contributed by atoms with Crippen LogP contribution in [0.1, 0.15) is 19.4 Å². The predicted octanol–water partition coefficient (Wildman–Crippen LogP) is 2.54. The van der Waals surface area contributed by atoms with E-state index >= 15 is 0 Å². The summed E-state index contributed by atoms with van der Waals surface area (Å²) < 4.78 is 0.800. The maximum atomic E-state index is 9.62. The van der Waals surface area contributed by atoms with Crippen molar-refractivity contribution in [2.24, 2.45) is 5.41 Å². The van der Waals surface area contributed by atoms with Gasteiger partial charge in [-0.3, -0.25) is 0 Å². The van der Waals surface area contributed by atoms with Gasteiger partial charge in [0, 0.05) is 15.5 Å². The molecular formula is C11H14BrNO2. The summed E-state index contributed by atoms with van der Waals surface area (Å²) in [4.78, 5) is 0. The molecule has 0 spiro atoms. The lowest BCUT2D eigenvalue weighted by Gasteiger charge is -2.23. The van der Waals surface area contributed by atoms with E-state index in [9.17, 15) is 5.11 Å². The molecule has 0 aliphatic carbocycles. The third kappa shape index (κ3) is 2.58. The average Bonchev–Trinajstić information content (AvgIpc) is 2.20. The number of hydrogen-bond acceptors (Lipinski definition) is 3. The molecule has 3 N–H and O–H groups in total. The molecular weight excluding hydrogens is 258 g/mol. The first kappa shape index (κ1) is 12.2. The van der Waals surface area contributed by atoms with Crippen molar-refractivity contribution < 1.29 is 10.2 Å². The molecule has 4 heteroatoms. The molecule has 0 amide bonds. The summed E-state index contributed by atoms with van der Waals surface area (Å²) in [5.74, 6) is 0.0599. The van der Waals surface area contributed by atoms with E-state index in [0.717, 1.165) is 4.47 Å². The van der Waals surface area contributed by atoms with Gasteiger partial charge in [0.15, 0.2) is 0 Å². The molecule has 3 nitrogen and oxygen atoms in total. The molecule has 0 aromatic heterocycles. The second kappa shape index (κ2) is 4.33. The summed E-state index contributed by atoms with van der Waals surface area (Å²) in [6, 6.07) is 4.91. The van der Waals surface area contributed by atoms with Crippen LogP contribution in [0, 0.1) is 10.8 Å². The normalized spacial score (nSPS) is 11.5. The van der Waals surface area contributed by atoms with Gasteiger partial charge in [0.25, 0.3) is 0 Å². The van der Waals surface area contributed by atoms with Crippen molar-refractivity contribution in [3.8, 4) is 5.75 Å². The van der Waals surface area contributed by atoms with Crippen LogP contribution in [0.3, 0.4) is 0 Å². The van der Waals surface area contributed by atoms with E-state index in [4.69, 9.17) is 10.5 Å². The molecule has 0 saturated heterocycles. The zero-order chi connectivity index (χ0) is 11.6. The lowest BCUT2D eigenvalue weighted by atomic mass is 9.84. The van der Waals surface area contributed by atoms with E-state index in [2.05, 4.69) is 15.9 Å². The monoisotopic (exact) mass is 271 g/mol. The Morgan fingerprint density at radius 3 is 2.60 bits per heavy atom. The molecule has 82 valence electrons. The van der Waals surface area contributed by atoms with Crippen molar-refractivity contribution in [2.75, 3.05) is 6.61 Å². The molecule has 0 heterocycles. The fraction of sp³-hybridized carbons (Fsp3) is 0.364. The lowest BCUT2D eigenvalue weighted by Crippen LogP contribution is -2.28. The Bertz CT molecular complexity index is 388. The first-order valence-electron chi connectivity index (χ1n) is 4.57. The number of phenolic OH excluding ortho intramolecular Hbond substituents is 1. The van der Waals surface area contributed by atoms with Crippen LogP contribution in [0.4, 0.5) is 0 Å². The zero-order valence-electron chi connectivity index (χ0n) is 8.71. The van der Waals surface area contributed by atoms with Gasteiger partial charge in [0.05, 0.1) is 12.3 Å². The van der Waals surface area contributed by atoms with E-state index < -0.39 is 5.41 Å². The van der Waals surface area contributed by atoms with Gasteiger partial charge in [-0.05, 0) is 18.2 Å². The number of halogens is 1. The number of rotatable bonds is 3. The minimum absolute atomic E-state index is 0.0599. The lowest BCUT2D eigenvalue weighted by molar-refractivity contribution is 0.213. The average molecular weight is 272 g/mol. The summed E-state index contributed by atoms with van der Waals surface area (Å²) in [5.41, 5.74) is 0.0189. The van der Waals surface area contributed by atoms with Crippen molar-refractivity contribution in [3.63, 3.8) is 0 Å². The minimum atomic E-state index is -0.654. The van der Waals surface area contributed by atoms with Crippen molar-refractivity contribution in [3.05, 3.63) is 28.2 Å². The topological polar surface area (TPSA) is 64.3 Å². The predicted molar refractivity (Wildman–Crippen MR) is 63.5 cm³/mol. The standard InChI is InChI=1S/C11H14BrNO2/c1-11(2,6-14)10(13)8-5-7(12)3-4-9(8)15/h3-5,13-15H,6H2,1-2H3. The quantitative estimate of drug-likeness (QED) is 0.740. The maximum Gasteiger partial charge on any atom is 0.124 e. The van der Waals surface area contributed by atoms with Crippen LogP contribution in [-0.2, 0) is 0 Å². The molecule has 0 aliphatic heterocycles. The Balaban J connectivity index is 3.17.